The highest BCUT2D eigenvalue weighted by Crippen LogP contribution is 2.33. The zero-order chi connectivity index (χ0) is 20.3. The fourth-order valence-electron chi connectivity index (χ4n) is 3.00. The van der Waals surface area contributed by atoms with Gasteiger partial charge in [-0.25, -0.2) is 8.42 Å². The third kappa shape index (κ3) is 4.34. The van der Waals surface area contributed by atoms with E-state index in [-0.39, 0.29) is 12.5 Å². The Bertz CT molecular complexity index is 1070. The second-order valence-electron chi connectivity index (χ2n) is 6.89. The molecule has 4 nitrogen and oxygen atoms in total. The molecule has 146 valence electrons. The summed E-state index contributed by atoms with van der Waals surface area (Å²) >= 11 is 1.38. The van der Waals surface area contributed by atoms with Gasteiger partial charge in [0.2, 0.25) is 0 Å². The Morgan fingerprint density at radius 2 is 1.68 bits per heavy atom. The molecular formula is C22H23NO3S2. The summed E-state index contributed by atoms with van der Waals surface area (Å²) in [5.74, 6) is -0.280. The summed E-state index contributed by atoms with van der Waals surface area (Å²) in [4.78, 5) is 13.5. The van der Waals surface area contributed by atoms with Crippen LogP contribution in [0.4, 0.5) is 0 Å². The van der Waals surface area contributed by atoms with Crippen molar-refractivity contribution in [1.29, 1.82) is 0 Å². The van der Waals surface area contributed by atoms with Gasteiger partial charge in [0.05, 0.1) is 4.90 Å². The van der Waals surface area contributed by atoms with Gasteiger partial charge in [-0.1, -0.05) is 35.9 Å². The maximum absolute atomic E-state index is 13.5. The summed E-state index contributed by atoms with van der Waals surface area (Å²) in [7, 11) is -3.67. The number of carbonyl (C=O) groups excluding carboxylic acids is 1. The average Bonchev–Trinajstić information content (AvgIpc) is 3.18. The Morgan fingerprint density at radius 3 is 2.32 bits per heavy atom. The lowest BCUT2D eigenvalue weighted by molar-refractivity contribution is 0.0953. The van der Waals surface area contributed by atoms with Crippen LogP contribution >= 0.6 is 11.3 Å². The van der Waals surface area contributed by atoms with Crippen molar-refractivity contribution in [3.63, 3.8) is 0 Å². The van der Waals surface area contributed by atoms with Crippen LogP contribution in [-0.4, -0.2) is 20.9 Å². The third-order valence-corrected chi connectivity index (χ3v) is 8.00. The van der Waals surface area contributed by atoms with E-state index >= 15 is 0 Å². The maximum atomic E-state index is 13.5. The summed E-state index contributed by atoms with van der Waals surface area (Å²) in [6.07, 6.45) is 0. The molecule has 3 aromatic rings. The van der Waals surface area contributed by atoms with Crippen LogP contribution in [0.15, 0.2) is 64.9 Å². The van der Waals surface area contributed by atoms with Crippen molar-refractivity contribution >= 4 is 27.1 Å². The Kier molecular flexibility index (Phi) is 6.01. The lowest BCUT2D eigenvalue weighted by Crippen LogP contribution is -2.31. The molecule has 28 heavy (non-hydrogen) atoms. The highest BCUT2D eigenvalue weighted by Gasteiger charge is 2.31. The highest BCUT2D eigenvalue weighted by molar-refractivity contribution is 7.92. The molecule has 1 atom stereocenters. The van der Waals surface area contributed by atoms with E-state index in [9.17, 15) is 13.2 Å². The van der Waals surface area contributed by atoms with Crippen LogP contribution < -0.4 is 5.32 Å². The van der Waals surface area contributed by atoms with E-state index in [1.54, 1.807) is 31.2 Å². The third-order valence-electron chi connectivity index (χ3n) is 4.65. The first-order valence-corrected chi connectivity index (χ1v) is 11.4. The molecule has 0 radical (unpaired) electrons. The summed E-state index contributed by atoms with van der Waals surface area (Å²) in [6.45, 7) is 5.63. The van der Waals surface area contributed by atoms with Crippen LogP contribution in [0.5, 0.6) is 0 Å². The van der Waals surface area contributed by atoms with E-state index in [0.717, 1.165) is 11.1 Å². The van der Waals surface area contributed by atoms with E-state index in [0.29, 0.717) is 20.9 Å². The summed E-state index contributed by atoms with van der Waals surface area (Å²) in [6, 6.07) is 16.2. The summed E-state index contributed by atoms with van der Waals surface area (Å²) < 4.78 is 26.9. The molecule has 0 aliphatic heterocycles. The molecule has 0 spiro atoms. The zero-order valence-corrected chi connectivity index (χ0v) is 17.7. The van der Waals surface area contributed by atoms with Crippen molar-refractivity contribution in [1.82, 2.24) is 5.32 Å². The van der Waals surface area contributed by atoms with Crippen LogP contribution in [0.3, 0.4) is 0 Å². The van der Waals surface area contributed by atoms with Gasteiger partial charge in [-0.05, 0) is 61.5 Å². The number of aryl methyl sites for hydroxylation is 3. The number of hydrogen-bond donors (Lipinski definition) is 1. The fourth-order valence-corrected chi connectivity index (χ4v) is 6.11. The number of nitrogens with one attached hydrogen (secondary N) is 1. The van der Waals surface area contributed by atoms with Crippen LogP contribution in [0.1, 0.15) is 37.2 Å². The standard InChI is InChI=1S/C22H23NO3S2/c1-15-7-10-18(11-8-15)22(24)23-14-21(19-5-4-12-27-19)28(25,26)20-13-16(2)6-9-17(20)3/h4-13,21H,14H2,1-3H3,(H,23,24)/t21-/m1/s1. The molecule has 0 saturated heterocycles. The largest absolute Gasteiger partial charge is 0.350 e. The van der Waals surface area contributed by atoms with Gasteiger partial charge >= 0.3 is 0 Å². The minimum atomic E-state index is -3.67. The van der Waals surface area contributed by atoms with Gasteiger partial charge < -0.3 is 5.32 Å². The second kappa shape index (κ2) is 8.29. The Balaban J connectivity index is 1.91. The van der Waals surface area contributed by atoms with Crippen LogP contribution in [-0.2, 0) is 9.84 Å². The van der Waals surface area contributed by atoms with Gasteiger partial charge in [0, 0.05) is 17.0 Å². The van der Waals surface area contributed by atoms with Crippen molar-refractivity contribution in [2.75, 3.05) is 6.54 Å². The molecule has 6 heteroatoms. The number of benzene rings is 2. The smallest absolute Gasteiger partial charge is 0.251 e. The van der Waals surface area contributed by atoms with Gasteiger partial charge in [-0.3, -0.25) is 4.79 Å². The van der Waals surface area contributed by atoms with E-state index in [2.05, 4.69) is 5.32 Å². The van der Waals surface area contributed by atoms with Crippen molar-refractivity contribution < 1.29 is 13.2 Å². The van der Waals surface area contributed by atoms with Crippen molar-refractivity contribution in [2.24, 2.45) is 0 Å². The first kappa shape index (κ1) is 20.3. The van der Waals surface area contributed by atoms with Crippen molar-refractivity contribution in [3.8, 4) is 0 Å². The quantitative estimate of drug-likeness (QED) is 0.641. The number of carbonyl (C=O) groups is 1. The first-order chi connectivity index (χ1) is 13.3. The highest BCUT2D eigenvalue weighted by atomic mass is 32.2. The Labute approximate surface area is 170 Å². The molecular weight excluding hydrogens is 390 g/mol. The van der Waals surface area contributed by atoms with Crippen molar-refractivity contribution in [3.05, 3.63) is 87.1 Å². The molecule has 0 aliphatic carbocycles. The topological polar surface area (TPSA) is 63.2 Å². The number of rotatable bonds is 6. The average molecular weight is 414 g/mol. The lowest BCUT2D eigenvalue weighted by Gasteiger charge is -2.19. The second-order valence-corrected chi connectivity index (χ2v) is 9.97. The molecule has 3 rings (SSSR count). The van der Waals surface area contributed by atoms with E-state index < -0.39 is 15.1 Å². The number of thiophene rings is 1. The van der Waals surface area contributed by atoms with Gasteiger partial charge in [0.15, 0.2) is 9.84 Å². The Morgan fingerprint density at radius 1 is 1.00 bits per heavy atom. The van der Waals surface area contributed by atoms with Crippen molar-refractivity contribution in [2.45, 2.75) is 30.9 Å². The minimum Gasteiger partial charge on any atom is -0.350 e. The van der Waals surface area contributed by atoms with Gasteiger partial charge in [-0.2, -0.15) is 0 Å². The molecule has 0 saturated carbocycles. The molecule has 1 aromatic heterocycles. The minimum absolute atomic E-state index is 0.0168. The normalized spacial score (nSPS) is 12.5. The zero-order valence-electron chi connectivity index (χ0n) is 16.1. The van der Waals surface area contributed by atoms with E-state index in [1.165, 1.54) is 11.3 Å². The molecule has 0 aliphatic rings. The number of sulfone groups is 1. The molecule has 0 unspecified atom stereocenters. The van der Waals surface area contributed by atoms with Gasteiger partial charge in [0.25, 0.3) is 5.91 Å². The van der Waals surface area contributed by atoms with E-state index in [1.807, 2.05) is 49.6 Å². The first-order valence-electron chi connectivity index (χ1n) is 8.98. The van der Waals surface area contributed by atoms with Gasteiger partial charge in [0.1, 0.15) is 5.25 Å². The van der Waals surface area contributed by atoms with E-state index in [4.69, 9.17) is 0 Å². The maximum Gasteiger partial charge on any atom is 0.251 e. The lowest BCUT2D eigenvalue weighted by atomic mass is 10.1. The molecule has 0 fully saturated rings. The predicted molar refractivity (Wildman–Crippen MR) is 114 cm³/mol. The summed E-state index contributed by atoms with van der Waals surface area (Å²) in [5, 5.41) is 3.82. The van der Waals surface area contributed by atoms with Crippen LogP contribution in [0.25, 0.3) is 0 Å². The van der Waals surface area contributed by atoms with Crippen LogP contribution in [0, 0.1) is 20.8 Å². The van der Waals surface area contributed by atoms with Gasteiger partial charge in [-0.15, -0.1) is 11.3 Å². The monoisotopic (exact) mass is 413 g/mol. The molecule has 0 bridgehead atoms. The predicted octanol–water partition coefficient (Wildman–Crippen LogP) is 4.62. The molecule has 1 N–H and O–H groups in total. The summed E-state index contributed by atoms with van der Waals surface area (Å²) in [5.41, 5.74) is 3.17. The van der Waals surface area contributed by atoms with Crippen LogP contribution in [0.2, 0.25) is 0 Å². The number of hydrogen-bond acceptors (Lipinski definition) is 4. The number of amides is 1. The fraction of sp³-hybridized carbons (Fsp3) is 0.227. The molecule has 1 amide bonds. The SMILES string of the molecule is Cc1ccc(C(=O)NC[C@H](c2cccs2)S(=O)(=O)c2cc(C)ccc2C)cc1. The molecule has 1 heterocycles. The Hall–Kier alpha value is -2.44. The molecule has 2 aromatic carbocycles.